The first kappa shape index (κ1) is 12.9. The molecule has 0 aliphatic carbocycles. The molecule has 104 valence electrons. The molecular formula is C15H18N4O. The predicted octanol–water partition coefficient (Wildman–Crippen LogP) is 2.76. The van der Waals surface area contributed by atoms with Crippen LogP contribution in [0.1, 0.15) is 25.8 Å². The van der Waals surface area contributed by atoms with E-state index in [9.17, 15) is 0 Å². The molecule has 0 fully saturated rings. The number of nitrogens with zero attached hydrogens (tertiary/aromatic N) is 3. The zero-order valence-electron chi connectivity index (χ0n) is 11.7. The summed E-state index contributed by atoms with van der Waals surface area (Å²) >= 11 is 0. The van der Waals surface area contributed by atoms with Gasteiger partial charge in [-0.1, -0.05) is 12.1 Å². The maximum Gasteiger partial charge on any atom is 0.209 e. The van der Waals surface area contributed by atoms with E-state index in [-0.39, 0.29) is 12.1 Å². The molecule has 5 heteroatoms. The van der Waals surface area contributed by atoms with Gasteiger partial charge >= 0.3 is 0 Å². The molecule has 0 saturated heterocycles. The van der Waals surface area contributed by atoms with Crippen LogP contribution in [0.5, 0.6) is 0 Å². The van der Waals surface area contributed by atoms with Crippen molar-refractivity contribution in [1.82, 2.24) is 20.1 Å². The molecule has 2 aromatic heterocycles. The fraction of sp³-hybridized carbons (Fsp3) is 0.333. The summed E-state index contributed by atoms with van der Waals surface area (Å²) in [6, 6.07) is 10.3. The normalized spacial score (nSPS) is 14.5. The van der Waals surface area contributed by atoms with Crippen LogP contribution in [-0.4, -0.2) is 20.8 Å². The average Bonchev–Trinajstić information content (AvgIpc) is 3.12. The lowest BCUT2D eigenvalue weighted by atomic mass is 10.2. The highest BCUT2D eigenvalue weighted by Crippen LogP contribution is 2.15. The van der Waals surface area contributed by atoms with Gasteiger partial charge in [0.1, 0.15) is 5.52 Å². The smallest absolute Gasteiger partial charge is 0.209 e. The second-order valence-corrected chi connectivity index (χ2v) is 4.97. The average molecular weight is 270 g/mol. The molecule has 2 atom stereocenters. The monoisotopic (exact) mass is 270 g/mol. The molecule has 3 rings (SSSR count). The van der Waals surface area contributed by atoms with Gasteiger partial charge in [-0.15, -0.1) is 0 Å². The molecule has 0 saturated carbocycles. The van der Waals surface area contributed by atoms with Gasteiger partial charge in [0, 0.05) is 18.4 Å². The minimum absolute atomic E-state index is 0.268. The Kier molecular flexibility index (Phi) is 3.52. The second kappa shape index (κ2) is 5.46. The third kappa shape index (κ3) is 2.58. The lowest BCUT2D eigenvalue weighted by Gasteiger charge is -2.21. The second-order valence-electron chi connectivity index (χ2n) is 4.97. The summed E-state index contributed by atoms with van der Waals surface area (Å²) in [7, 11) is 0. The van der Waals surface area contributed by atoms with Crippen LogP contribution in [0, 0.1) is 0 Å². The van der Waals surface area contributed by atoms with E-state index >= 15 is 0 Å². The van der Waals surface area contributed by atoms with E-state index in [1.54, 1.807) is 6.20 Å². The van der Waals surface area contributed by atoms with Crippen LogP contribution < -0.4 is 5.32 Å². The number of para-hydroxylation sites is 2. The Balaban J connectivity index is 1.64. The van der Waals surface area contributed by atoms with E-state index in [2.05, 4.69) is 29.2 Å². The maximum absolute atomic E-state index is 5.69. The van der Waals surface area contributed by atoms with Gasteiger partial charge in [0.2, 0.25) is 5.89 Å². The molecule has 2 unspecified atom stereocenters. The van der Waals surface area contributed by atoms with Crippen LogP contribution in [0.4, 0.5) is 0 Å². The first-order chi connectivity index (χ1) is 9.74. The quantitative estimate of drug-likeness (QED) is 0.774. The van der Waals surface area contributed by atoms with Gasteiger partial charge in [0.25, 0.3) is 0 Å². The molecule has 20 heavy (non-hydrogen) atoms. The van der Waals surface area contributed by atoms with E-state index in [1.807, 2.05) is 41.2 Å². The Hall–Kier alpha value is -2.14. The third-order valence-corrected chi connectivity index (χ3v) is 3.58. The van der Waals surface area contributed by atoms with E-state index in [4.69, 9.17) is 4.42 Å². The molecule has 2 heterocycles. The number of nitrogens with one attached hydrogen (secondary N) is 1. The van der Waals surface area contributed by atoms with Crippen LogP contribution in [0.25, 0.3) is 11.1 Å². The van der Waals surface area contributed by atoms with Crippen LogP contribution in [-0.2, 0) is 6.54 Å². The van der Waals surface area contributed by atoms with Gasteiger partial charge in [-0.05, 0) is 32.0 Å². The zero-order valence-corrected chi connectivity index (χ0v) is 11.7. The SMILES string of the molecule is CC(NCc1nc2ccccc2o1)C(C)n1cccn1. The third-order valence-electron chi connectivity index (χ3n) is 3.58. The summed E-state index contributed by atoms with van der Waals surface area (Å²) in [4.78, 5) is 4.46. The fourth-order valence-corrected chi connectivity index (χ4v) is 2.17. The first-order valence-corrected chi connectivity index (χ1v) is 6.81. The number of fused-ring (bicyclic) bond motifs is 1. The molecule has 0 radical (unpaired) electrons. The first-order valence-electron chi connectivity index (χ1n) is 6.81. The molecule has 0 spiro atoms. The summed E-state index contributed by atoms with van der Waals surface area (Å²) in [6.07, 6.45) is 3.77. The highest BCUT2D eigenvalue weighted by Gasteiger charge is 2.14. The molecule has 0 aliphatic rings. The summed E-state index contributed by atoms with van der Waals surface area (Å²) in [6.45, 7) is 4.88. The molecule has 0 amide bonds. The number of rotatable bonds is 5. The topological polar surface area (TPSA) is 55.9 Å². The molecule has 5 nitrogen and oxygen atoms in total. The minimum atomic E-state index is 0.268. The summed E-state index contributed by atoms with van der Waals surface area (Å²) in [5, 5.41) is 7.70. The standard InChI is InChI=1S/C15H18N4O/c1-11(12(2)19-9-5-8-17-19)16-10-15-18-13-6-3-4-7-14(13)20-15/h3-9,11-12,16H,10H2,1-2H3. The highest BCUT2D eigenvalue weighted by atomic mass is 16.3. The van der Waals surface area contributed by atoms with Crippen LogP contribution in [0.2, 0.25) is 0 Å². The van der Waals surface area contributed by atoms with Crippen molar-refractivity contribution in [1.29, 1.82) is 0 Å². The van der Waals surface area contributed by atoms with E-state index in [1.165, 1.54) is 0 Å². The number of aromatic nitrogens is 3. The van der Waals surface area contributed by atoms with Crippen molar-refractivity contribution in [3.05, 3.63) is 48.6 Å². The van der Waals surface area contributed by atoms with Crippen LogP contribution >= 0.6 is 0 Å². The van der Waals surface area contributed by atoms with Crippen LogP contribution in [0.3, 0.4) is 0 Å². The van der Waals surface area contributed by atoms with E-state index in [0.29, 0.717) is 12.4 Å². The maximum atomic E-state index is 5.69. The van der Waals surface area contributed by atoms with Gasteiger partial charge in [-0.2, -0.15) is 5.10 Å². The van der Waals surface area contributed by atoms with Gasteiger partial charge < -0.3 is 9.73 Å². The largest absolute Gasteiger partial charge is 0.439 e. The Morgan fingerprint density at radius 2 is 2.10 bits per heavy atom. The molecule has 3 aromatic rings. The van der Waals surface area contributed by atoms with Crippen molar-refractivity contribution in [3.8, 4) is 0 Å². The van der Waals surface area contributed by atoms with E-state index in [0.717, 1.165) is 11.1 Å². The minimum Gasteiger partial charge on any atom is -0.439 e. The Morgan fingerprint density at radius 1 is 1.25 bits per heavy atom. The van der Waals surface area contributed by atoms with Crippen molar-refractivity contribution in [2.45, 2.75) is 32.5 Å². The number of hydrogen-bond acceptors (Lipinski definition) is 4. The van der Waals surface area contributed by atoms with Gasteiger partial charge in [-0.25, -0.2) is 4.98 Å². The van der Waals surface area contributed by atoms with E-state index < -0.39 is 0 Å². The number of benzene rings is 1. The van der Waals surface area contributed by atoms with Crippen molar-refractivity contribution in [2.75, 3.05) is 0 Å². The summed E-state index contributed by atoms with van der Waals surface area (Å²) in [5.74, 6) is 0.714. The van der Waals surface area contributed by atoms with Gasteiger partial charge in [0.15, 0.2) is 5.58 Å². The van der Waals surface area contributed by atoms with Gasteiger partial charge in [0.05, 0.1) is 12.6 Å². The Labute approximate surface area is 117 Å². The fourth-order valence-electron chi connectivity index (χ4n) is 2.17. The van der Waals surface area contributed by atoms with Crippen molar-refractivity contribution in [3.63, 3.8) is 0 Å². The Morgan fingerprint density at radius 3 is 2.85 bits per heavy atom. The number of hydrogen-bond donors (Lipinski definition) is 1. The number of oxazole rings is 1. The highest BCUT2D eigenvalue weighted by molar-refractivity contribution is 5.72. The van der Waals surface area contributed by atoms with Crippen LogP contribution in [0.15, 0.2) is 47.1 Å². The molecule has 0 aliphatic heterocycles. The van der Waals surface area contributed by atoms with Crippen molar-refractivity contribution < 1.29 is 4.42 Å². The predicted molar refractivity (Wildman–Crippen MR) is 77.2 cm³/mol. The summed E-state index contributed by atoms with van der Waals surface area (Å²) in [5.41, 5.74) is 1.73. The van der Waals surface area contributed by atoms with Crippen molar-refractivity contribution >= 4 is 11.1 Å². The molecular weight excluding hydrogens is 252 g/mol. The molecule has 1 aromatic carbocycles. The van der Waals surface area contributed by atoms with Gasteiger partial charge in [-0.3, -0.25) is 4.68 Å². The molecule has 0 bridgehead atoms. The van der Waals surface area contributed by atoms with Crippen molar-refractivity contribution in [2.24, 2.45) is 0 Å². The lowest BCUT2D eigenvalue weighted by molar-refractivity contribution is 0.350. The molecule has 1 N–H and O–H groups in total. The lowest BCUT2D eigenvalue weighted by Crippen LogP contribution is -2.33. The summed E-state index contributed by atoms with van der Waals surface area (Å²) < 4.78 is 7.64. The Bertz CT molecular complexity index is 641. The zero-order chi connectivity index (χ0) is 13.9.